The van der Waals surface area contributed by atoms with E-state index in [1.165, 1.54) is 28.6 Å². The van der Waals surface area contributed by atoms with Crippen LogP contribution in [0.25, 0.3) is 11.3 Å². The lowest BCUT2D eigenvalue weighted by molar-refractivity contribution is 0.0390. The third kappa shape index (κ3) is 5.11. The lowest BCUT2D eigenvalue weighted by atomic mass is 10.1. The van der Waals surface area contributed by atoms with Gasteiger partial charge < -0.3 is 19.6 Å². The Morgan fingerprint density at radius 3 is 2.58 bits per heavy atom. The number of β-amino-alcohol motifs (C(OH)–C–C–N with tert-alkyl or cyclic N) is 1. The molecule has 1 N–H and O–H groups in total. The number of halogens is 1. The first-order valence-electron chi connectivity index (χ1n) is 12.3. The molecule has 1 aromatic carbocycles. The maximum Gasteiger partial charge on any atom is 0.255 e. The van der Waals surface area contributed by atoms with Gasteiger partial charge in [0.15, 0.2) is 5.82 Å². The van der Waals surface area contributed by atoms with E-state index in [0.29, 0.717) is 31.3 Å². The Bertz CT molecular complexity index is 1240. The summed E-state index contributed by atoms with van der Waals surface area (Å²) >= 11 is 0. The molecule has 0 saturated carbocycles. The molecule has 2 fully saturated rings. The molecule has 4 heterocycles. The van der Waals surface area contributed by atoms with E-state index < -0.39 is 5.82 Å². The topological polar surface area (TPSA) is 87.0 Å². The second kappa shape index (κ2) is 10.7. The molecule has 3 aromatic rings. The van der Waals surface area contributed by atoms with Crippen LogP contribution in [-0.2, 0) is 11.8 Å². The number of nitrogens with zero attached hydrogens (tertiary/aromatic N) is 6. The third-order valence-electron chi connectivity index (χ3n) is 6.93. The monoisotopic (exact) mass is 494 g/mol. The smallest absolute Gasteiger partial charge is 0.255 e. The summed E-state index contributed by atoms with van der Waals surface area (Å²) in [7, 11) is 1.68. The summed E-state index contributed by atoms with van der Waals surface area (Å²) in [6, 6.07) is 11.3. The second-order valence-electron chi connectivity index (χ2n) is 9.14. The van der Waals surface area contributed by atoms with Gasteiger partial charge >= 0.3 is 0 Å². The molecular weight excluding hydrogens is 463 g/mol. The van der Waals surface area contributed by atoms with Gasteiger partial charge in [0, 0.05) is 69.8 Å². The molecule has 0 radical (unpaired) electrons. The number of benzene rings is 1. The Kier molecular flexibility index (Phi) is 7.26. The largest absolute Gasteiger partial charge is 0.395 e. The summed E-state index contributed by atoms with van der Waals surface area (Å²) < 4.78 is 21.9. The van der Waals surface area contributed by atoms with Gasteiger partial charge in [-0.25, -0.2) is 9.37 Å². The highest BCUT2D eigenvalue weighted by molar-refractivity contribution is 5.60. The molecular formula is C26H31FN6O3. The average molecular weight is 495 g/mol. The zero-order chi connectivity index (χ0) is 25.1. The van der Waals surface area contributed by atoms with Crippen LogP contribution in [0, 0.1) is 5.82 Å². The van der Waals surface area contributed by atoms with Gasteiger partial charge in [-0.3, -0.25) is 19.2 Å². The fourth-order valence-electron chi connectivity index (χ4n) is 4.83. The quantitative estimate of drug-likeness (QED) is 0.554. The molecule has 0 bridgehead atoms. The van der Waals surface area contributed by atoms with Gasteiger partial charge in [0.05, 0.1) is 31.6 Å². The van der Waals surface area contributed by atoms with Crippen molar-refractivity contribution in [2.75, 3.05) is 68.8 Å². The number of aromatic nitrogens is 3. The first-order chi connectivity index (χ1) is 17.5. The average Bonchev–Trinajstić information content (AvgIpc) is 2.91. The lowest BCUT2D eigenvalue weighted by Gasteiger charge is -2.36. The highest BCUT2D eigenvalue weighted by Crippen LogP contribution is 2.28. The predicted octanol–water partition coefficient (Wildman–Crippen LogP) is 1.67. The van der Waals surface area contributed by atoms with Crippen LogP contribution < -0.4 is 15.4 Å². The number of pyridine rings is 1. The molecule has 1 atom stereocenters. The molecule has 2 aliphatic rings. The number of rotatable bonds is 6. The molecule has 190 valence electrons. The summed E-state index contributed by atoms with van der Waals surface area (Å²) in [6.07, 6.45) is 2.44. The minimum Gasteiger partial charge on any atom is -0.395 e. The van der Waals surface area contributed by atoms with Crippen LogP contribution in [0.3, 0.4) is 0 Å². The highest BCUT2D eigenvalue weighted by atomic mass is 19.1. The van der Waals surface area contributed by atoms with Crippen molar-refractivity contribution in [2.45, 2.75) is 6.10 Å². The molecule has 2 saturated heterocycles. The van der Waals surface area contributed by atoms with E-state index in [2.05, 4.69) is 44.0 Å². The Morgan fingerprint density at radius 1 is 1.08 bits per heavy atom. The van der Waals surface area contributed by atoms with Gasteiger partial charge in [-0.2, -0.15) is 0 Å². The van der Waals surface area contributed by atoms with E-state index in [1.807, 2.05) is 4.90 Å². The molecule has 0 aliphatic carbocycles. The van der Waals surface area contributed by atoms with Crippen LogP contribution in [0.4, 0.5) is 16.0 Å². The minimum atomic E-state index is -0.515. The summed E-state index contributed by atoms with van der Waals surface area (Å²) in [5, 5.41) is 9.14. The van der Waals surface area contributed by atoms with E-state index in [0.717, 1.165) is 44.5 Å². The van der Waals surface area contributed by atoms with Crippen molar-refractivity contribution in [1.82, 2.24) is 19.4 Å². The molecule has 9 nitrogen and oxygen atoms in total. The van der Waals surface area contributed by atoms with Crippen molar-refractivity contribution in [2.24, 2.45) is 7.05 Å². The first kappa shape index (κ1) is 24.4. The van der Waals surface area contributed by atoms with Crippen molar-refractivity contribution in [1.29, 1.82) is 0 Å². The van der Waals surface area contributed by atoms with E-state index >= 15 is 0 Å². The summed E-state index contributed by atoms with van der Waals surface area (Å²) in [5.74, 6) is -0.0293. The van der Waals surface area contributed by atoms with Gasteiger partial charge in [0.1, 0.15) is 6.10 Å². The predicted molar refractivity (Wildman–Crippen MR) is 136 cm³/mol. The number of piperazine rings is 1. The normalized spacial score (nSPS) is 19.0. The molecule has 0 unspecified atom stereocenters. The Morgan fingerprint density at radius 2 is 1.86 bits per heavy atom. The zero-order valence-corrected chi connectivity index (χ0v) is 20.4. The summed E-state index contributed by atoms with van der Waals surface area (Å²) in [5.41, 5.74) is 2.52. The fourth-order valence-corrected chi connectivity index (χ4v) is 4.83. The lowest BCUT2D eigenvalue weighted by Crippen LogP contribution is -2.47. The number of morpholine rings is 1. The Balaban J connectivity index is 1.32. The molecule has 2 aliphatic heterocycles. The molecule has 0 amide bonds. The third-order valence-corrected chi connectivity index (χ3v) is 6.93. The van der Waals surface area contributed by atoms with Gasteiger partial charge in [0.2, 0.25) is 5.95 Å². The Labute approximate surface area is 209 Å². The van der Waals surface area contributed by atoms with Gasteiger partial charge in [-0.1, -0.05) is 12.1 Å². The van der Waals surface area contributed by atoms with Crippen LogP contribution in [0.1, 0.15) is 11.7 Å². The number of hydrogen-bond acceptors (Lipinski definition) is 8. The Hall–Kier alpha value is -3.34. The zero-order valence-electron chi connectivity index (χ0n) is 20.4. The second-order valence-corrected chi connectivity index (χ2v) is 9.14. The minimum absolute atomic E-state index is 0.174. The van der Waals surface area contributed by atoms with Crippen molar-refractivity contribution < 1.29 is 14.2 Å². The van der Waals surface area contributed by atoms with Crippen molar-refractivity contribution in [3.8, 4) is 11.3 Å². The van der Waals surface area contributed by atoms with Crippen LogP contribution in [-0.4, -0.2) is 83.6 Å². The molecule has 36 heavy (non-hydrogen) atoms. The van der Waals surface area contributed by atoms with Crippen LogP contribution in [0.2, 0.25) is 0 Å². The number of anilines is 2. The van der Waals surface area contributed by atoms with Gasteiger partial charge in [0.25, 0.3) is 5.56 Å². The number of hydrogen-bond donors (Lipinski definition) is 1. The van der Waals surface area contributed by atoms with Crippen LogP contribution >= 0.6 is 0 Å². The van der Waals surface area contributed by atoms with Crippen molar-refractivity contribution >= 4 is 11.6 Å². The van der Waals surface area contributed by atoms with E-state index in [-0.39, 0.29) is 23.8 Å². The number of aliphatic hydroxyl groups excluding tert-OH is 1. The maximum absolute atomic E-state index is 14.3. The molecule has 0 spiro atoms. The molecule has 10 heteroatoms. The van der Waals surface area contributed by atoms with Crippen molar-refractivity contribution in [3.63, 3.8) is 0 Å². The maximum atomic E-state index is 14.3. The number of aliphatic hydroxyl groups is 1. The van der Waals surface area contributed by atoms with Crippen LogP contribution in [0.5, 0.6) is 0 Å². The van der Waals surface area contributed by atoms with Gasteiger partial charge in [-0.15, -0.1) is 0 Å². The fraction of sp³-hybridized carbons (Fsp3) is 0.423. The summed E-state index contributed by atoms with van der Waals surface area (Å²) in [4.78, 5) is 27.8. The van der Waals surface area contributed by atoms with E-state index in [9.17, 15) is 9.18 Å². The molecule has 5 rings (SSSR count). The van der Waals surface area contributed by atoms with Gasteiger partial charge in [-0.05, 0) is 23.8 Å². The van der Waals surface area contributed by atoms with E-state index in [4.69, 9.17) is 9.84 Å². The first-order valence-corrected chi connectivity index (χ1v) is 12.3. The van der Waals surface area contributed by atoms with E-state index in [1.54, 1.807) is 7.05 Å². The standard InChI is InChI=1S/C26H31FN6O3/c1-30-25(35)16-23(21-6-7-28-17-22(21)27)29-26(30)33-13-15-36-24(18-33)19-2-4-20(5-3-19)32-10-8-31(9-11-32)12-14-34/h2-7,16-17,24,34H,8-15,18H2,1H3/t24-/m1/s1. The summed E-state index contributed by atoms with van der Waals surface area (Å²) in [6.45, 7) is 6.27. The highest BCUT2D eigenvalue weighted by Gasteiger charge is 2.26. The number of ether oxygens (including phenoxy) is 1. The SMILES string of the molecule is Cn1c(N2CCO[C@@H](c3ccc(N4CCN(CCO)CC4)cc3)C2)nc(-c2ccncc2F)cc1=O. The molecule has 2 aromatic heterocycles. The van der Waals surface area contributed by atoms with Crippen LogP contribution in [0.15, 0.2) is 53.6 Å². The van der Waals surface area contributed by atoms with Crippen molar-refractivity contribution in [3.05, 3.63) is 70.5 Å².